The molecule has 25 heavy (non-hydrogen) atoms. The molecule has 2 saturated heterocycles. The van der Waals surface area contributed by atoms with Gasteiger partial charge in [-0.05, 0) is 52.7 Å². The first-order valence-corrected chi connectivity index (χ1v) is 10.2. The van der Waals surface area contributed by atoms with Gasteiger partial charge in [-0.2, -0.15) is 11.8 Å². The summed E-state index contributed by atoms with van der Waals surface area (Å²) < 4.78 is 0.110. The Kier molecular flexibility index (Phi) is 6.24. The van der Waals surface area contributed by atoms with Crippen molar-refractivity contribution in [1.29, 1.82) is 0 Å². The van der Waals surface area contributed by atoms with Crippen molar-refractivity contribution in [1.82, 2.24) is 20.9 Å². The molecule has 0 aromatic carbocycles. The summed E-state index contributed by atoms with van der Waals surface area (Å²) in [6.45, 7) is 11.5. The Labute approximate surface area is 154 Å². The lowest BCUT2D eigenvalue weighted by atomic mass is 9.79. The lowest BCUT2D eigenvalue weighted by Gasteiger charge is -2.40. The van der Waals surface area contributed by atoms with Crippen LogP contribution >= 0.6 is 11.8 Å². The normalized spacial score (nSPS) is 25.8. The van der Waals surface area contributed by atoms with E-state index >= 15 is 0 Å². The molecule has 0 aromatic rings. The molecule has 1 atom stereocenters. The van der Waals surface area contributed by atoms with E-state index in [-0.39, 0.29) is 22.6 Å². The second kappa shape index (κ2) is 7.85. The van der Waals surface area contributed by atoms with Gasteiger partial charge in [-0.25, -0.2) is 4.79 Å². The van der Waals surface area contributed by atoms with Gasteiger partial charge in [-0.1, -0.05) is 0 Å². The zero-order chi connectivity index (χ0) is 18.7. The van der Waals surface area contributed by atoms with Crippen molar-refractivity contribution < 1.29 is 9.59 Å². The van der Waals surface area contributed by atoms with Crippen LogP contribution in [0.5, 0.6) is 0 Å². The quantitative estimate of drug-likeness (QED) is 0.387. The summed E-state index contributed by atoms with van der Waals surface area (Å²) in [7, 11) is 0. The number of nitrogens with zero attached hydrogens (tertiary/aromatic N) is 2. The monoisotopic (exact) mass is 369 g/mol. The highest BCUT2D eigenvalue weighted by atomic mass is 32.2. The van der Waals surface area contributed by atoms with E-state index in [0.29, 0.717) is 0 Å². The van der Waals surface area contributed by atoms with Crippen molar-refractivity contribution in [3.63, 3.8) is 0 Å². The molecule has 0 aromatic heterocycles. The first-order valence-electron chi connectivity index (χ1n) is 8.94. The molecule has 2 rings (SSSR count). The van der Waals surface area contributed by atoms with Crippen molar-refractivity contribution in [3.8, 4) is 0 Å². The molecule has 2 aliphatic heterocycles. The van der Waals surface area contributed by atoms with Gasteiger partial charge in [0.15, 0.2) is 5.96 Å². The average molecular weight is 370 g/mol. The van der Waals surface area contributed by atoms with Gasteiger partial charge in [-0.15, -0.1) is 0 Å². The van der Waals surface area contributed by atoms with Crippen molar-refractivity contribution in [2.75, 3.05) is 32.4 Å². The Morgan fingerprint density at radius 1 is 1.40 bits per heavy atom. The predicted molar refractivity (Wildman–Crippen MR) is 103 cm³/mol. The van der Waals surface area contributed by atoms with E-state index in [2.05, 4.69) is 47.9 Å². The Balaban J connectivity index is 2.00. The van der Waals surface area contributed by atoms with Gasteiger partial charge in [0.25, 0.3) is 5.91 Å². The maximum absolute atomic E-state index is 12.1. The van der Waals surface area contributed by atoms with Gasteiger partial charge in [0.05, 0.1) is 6.54 Å². The number of likely N-dealkylation sites (tertiary alicyclic amines) is 1. The SMILES string of the molecule is CCNC(=NCC(C)(C)SC)N1CCC(C2(C)NC(=O)NC2=O)CC1. The number of amides is 3. The lowest BCUT2D eigenvalue weighted by molar-refractivity contribution is -0.125. The molecule has 142 valence electrons. The van der Waals surface area contributed by atoms with Gasteiger partial charge in [0, 0.05) is 24.4 Å². The zero-order valence-corrected chi connectivity index (χ0v) is 16.8. The van der Waals surface area contributed by atoms with Crippen LogP contribution in [0.1, 0.15) is 40.5 Å². The van der Waals surface area contributed by atoms with Crippen molar-refractivity contribution in [2.24, 2.45) is 10.9 Å². The number of urea groups is 1. The highest BCUT2D eigenvalue weighted by Gasteiger charge is 2.48. The van der Waals surface area contributed by atoms with E-state index in [0.717, 1.165) is 45.0 Å². The van der Waals surface area contributed by atoms with E-state index in [1.54, 1.807) is 0 Å². The third-order valence-electron chi connectivity index (χ3n) is 5.18. The Morgan fingerprint density at radius 3 is 2.52 bits per heavy atom. The average Bonchev–Trinajstić information content (AvgIpc) is 2.85. The minimum Gasteiger partial charge on any atom is -0.357 e. The Morgan fingerprint density at radius 2 is 2.04 bits per heavy atom. The maximum Gasteiger partial charge on any atom is 0.322 e. The summed E-state index contributed by atoms with van der Waals surface area (Å²) >= 11 is 1.81. The van der Waals surface area contributed by atoms with Crippen LogP contribution in [-0.4, -0.2) is 65.5 Å². The number of guanidine groups is 1. The fourth-order valence-electron chi connectivity index (χ4n) is 3.27. The number of piperidine rings is 1. The molecule has 2 fully saturated rings. The van der Waals surface area contributed by atoms with Crippen molar-refractivity contribution in [2.45, 2.75) is 50.8 Å². The summed E-state index contributed by atoms with van der Waals surface area (Å²) in [5.74, 6) is 0.868. The molecule has 3 amide bonds. The fourth-order valence-corrected chi connectivity index (χ4v) is 3.46. The first-order chi connectivity index (χ1) is 11.7. The van der Waals surface area contributed by atoms with Crippen molar-refractivity contribution >= 4 is 29.7 Å². The molecule has 2 aliphatic rings. The number of carbonyl (C=O) groups is 2. The molecule has 7 nitrogen and oxygen atoms in total. The van der Waals surface area contributed by atoms with Gasteiger partial charge in [-0.3, -0.25) is 15.1 Å². The molecular formula is C17H31N5O2S. The summed E-state index contributed by atoms with van der Waals surface area (Å²) in [5.41, 5.74) is -0.792. The van der Waals surface area contributed by atoms with E-state index < -0.39 is 5.54 Å². The molecule has 0 aliphatic carbocycles. The van der Waals surface area contributed by atoms with E-state index in [4.69, 9.17) is 4.99 Å². The molecule has 3 N–H and O–H groups in total. The number of aliphatic imine (C=N–C) groups is 1. The molecule has 0 spiro atoms. The van der Waals surface area contributed by atoms with Crippen LogP contribution in [0, 0.1) is 5.92 Å². The highest BCUT2D eigenvalue weighted by molar-refractivity contribution is 7.99. The van der Waals surface area contributed by atoms with Crippen LogP contribution in [0.15, 0.2) is 4.99 Å². The van der Waals surface area contributed by atoms with E-state index in [1.165, 1.54) is 0 Å². The first kappa shape index (κ1) is 19.9. The number of imide groups is 1. The second-order valence-corrected chi connectivity index (χ2v) is 9.02. The number of nitrogens with one attached hydrogen (secondary N) is 3. The largest absolute Gasteiger partial charge is 0.357 e. The topological polar surface area (TPSA) is 85.8 Å². The zero-order valence-electron chi connectivity index (χ0n) is 15.9. The molecule has 2 heterocycles. The molecule has 8 heteroatoms. The fraction of sp³-hybridized carbons (Fsp3) is 0.824. The van der Waals surface area contributed by atoms with Crippen LogP contribution in [0.2, 0.25) is 0 Å². The maximum atomic E-state index is 12.1. The Bertz CT molecular complexity index is 543. The van der Waals surface area contributed by atoms with Crippen LogP contribution < -0.4 is 16.0 Å². The summed E-state index contributed by atoms with van der Waals surface area (Å²) in [4.78, 5) is 30.7. The van der Waals surface area contributed by atoms with Crippen LogP contribution in [-0.2, 0) is 4.79 Å². The third kappa shape index (κ3) is 4.59. The van der Waals surface area contributed by atoms with Gasteiger partial charge >= 0.3 is 6.03 Å². The second-order valence-electron chi connectivity index (χ2n) is 7.51. The van der Waals surface area contributed by atoms with E-state index in [9.17, 15) is 9.59 Å². The Hall–Kier alpha value is -1.44. The number of hydrogen-bond donors (Lipinski definition) is 3. The minimum atomic E-state index is -0.792. The van der Waals surface area contributed by atoms with Gasteiger partial charge in [0.1, 0.15) is 5.54 Å². The van der Waals surface area contributed by atoms with Crippen molar-refractivity contribution in [3.05, 3.63) is 0 Å². The summed E-state index contributed by atoms with van der Waals surface area (Å²) in [5, 5.41) is 8.54. The van der Waals surface area contributed by atoms with Crippen LogP contribution in [0.3, 0.4) is 0 Å². The molecule has 0 saturated carbocycles. The van der Waals surface area contributed by atoms with Crippen LogP contribution in [0.25, 0.3) is 0 Å². The van der Waals surface area contributed by atoms with Crippen LogP contribution in [0.4, 0.5) is 4.79 Å². The number of hydrogen-bond acceptors (Lipinski definition) is 4. The van der Waals surface area contributed by atoms with E-state index in [1.807, 2.05) is 18.7 Å². The lowest BCUT2D eigenvalue weighted by Crippen LogP contribution is -2.55. The summed E-state index contributed by atoms with van der Waals surface area (Å²) in [6.07, 6.45) is 3.80. The smallest absolute Gasteiger partial charge is 0.322 e. The van der Waals surface area contributed by atoms with Gasteiger partial charge < -0.3 is 15.5 Å². The summed E-state index contributed by atoms with van der Waals surface area (Å²) in [6, 6.07) is -0.385. The molecule has 0 bridgehead atoms. The third-order valence-corrected chi connectivity index (χ3v) is 6.41. The number of thioether (sulfide) groups is 1. The number of carbonyl (C=O) groups excluding carboxylic acids is 2. The molecule has 1 unspecified atom stereocenters. The molecule has 0 radical (unpaired) electrons. The number of rotatable bonds is 5. The molecular weight excluding hydrogens is 338 g/mol. The standard InChI is InChI=1S/C17H31N5O2S/c1-6-18-14(19-11-16(2,3)25-5)22-9-7-12(8-10-22)17(4)13(23)20-15(24)21-17/h12H,6-11H2,1-5H3,(H,18,19)(H2,20,21,23,24). The minimum absolute atomic E-state index is 0.110. The highest BCUT2D eigenvalue weighted by Crippen LogP contribution is 2.30. The predicted octanol–water partition coefficient (Wildman–Crippen LogP) is 1.40. The van der Waals surface area contributed by atoms with Gasteiger partial charge in [0.2, 0.25) is 0 Å².